The van der Waals surface area contributed by atoms with Crippen molar-refractivity contribution < 1.29 is 4.79 Å². The number of carbonyl (C=O) groups is 1. The van der Waals surface area contributed by atoms with Crippen LogP contribution in [0.5, 0.6) is 0 Å². The second-order valence-corrected chi connectivity index (χ2v) is 11.3. The number of carbonyl (C=O) groups excluding carboxylic acids is 1. The third kappa shape index (κ3) is 4.37. The van der Waals surface area contributed by atoms with Gasteiger partial charge >= 0.3 is 0 Å². The fourth-order valence-corrected chi connectivity index (χ4v) is 6.67. The fraction of sp³-hybridized carbons (Fsp3) is 0.567. The van der Waals surface area contributed by atoms with E-state index in [0.717, 1.165) is 48.3 Å². The Bertz CT molecular complexity index is 1030. The van der Waals surface area contributed by atoms with Crippen LogP contribution in [0, 0.1) is 17.3 Å². The predicted molar refractivity (Wildman–Crippen MR) is 137 cm³/mol. The molecule has 1 heterocycles. The highest BCUT2D eigenvalue weighted by Crippen LogP contribution is 2.59. The van der Waals surface area contributed by atoms with Gasteiger partial charge in [0, 0.05) is 31.2 Å². The molecule has 1 saturated heterocycles. The Labute approximate surface area is 199 Å². The summed E-state index contributed by atoms with van der Waals surface area (Å²) >= 11 is 0. The summed E-state index contributed by atoms with van der Waals surface area (Å²) in [6.07, 6.45) is 9.97. The van der Waals surface area contributed by atoms with Crippen LogP contribution in [0.15, 0.2) is 54.1 Å². The topological polar surface area (TPSA) is 23.6 Å². The highest BCUT2D eigenvalue weighted by atomic mass is 16.2. The lowest BCUT2D eigenvalue weighted by atomic mass is 9.49. The van der Waals surface area contributed by atoms with Gasteiger partial charge in [0.1, 0.15) is 0 Å². The van der Waals surface area contributed by atoms with E-state index < -0.39 is 0 Å². The third-order valence-corrected chi connectivity index (χ3v) is 9.08. The van der Waals surface area contributed by atoms with Crippen molar-refractivity contribution in [2.45, 2.75) is 65.3 Å². The van der Waals surface area contributed by atoms with Crippen molar-refractivity contribution >= 4 is 16.7 Å². The summed E-state index contributed by atoms with van der Waals surface area (Å²) in [7, 11) is 0. The first-order valence-electron chi connectivity index (χ1n) is 13.1. The lowest BCUT2D eigenvalue weighted by molar-refractivity contribution is -0.0104. The summed E-state index contributed by atoms with van der Waals surface area (Å²) in [5.74, 6) is 1.66. The number of rotatable bonds is 7. The molecular weight excluding hydrogens is 404 g/mol. The third-order valence-electron chi connectivity index (χ3n) is 9.08. The van der Waals surface area contributed by atoms with Crippen molar-refractivity contribution in [1.82, 2.24) is 9.80 Å². The summed E-state index contributed by atoms with van der Waals surface area (Å²) in [5, 5.41) is 2.21. The van der Waals surface area contributed by atoms with Crippen LogP contribution in [-0.2, 0) is 0 Å². The fourth-order valence-electron chi connectivity index (χ4n) is 6.67. The zero-order valence-corrected chi connectivity index (χ0v) is 20.7. The molecule has 3 aliphatic carbocycles. The first-order chi connectivity index (χ1) is 15.9. The number of likely N-dealkylation sites (tertiary alicyclic amines) is 1. The highest BCUT2D eigenvalue weighted by Gasteiger charge is 2.51. The minimum atomic E-state index is 0.193. The average molecular weight is 445 g/mol. The number of hydrogen-bond acceptors (Lipinski definition) is 2. The van der Waals surface area contributed by atoms with Gasteiger partial charge in [-0.25, -0.2) is 0 Å². The number of piperidine rings is 1. The number of nitrogens with zero attached hydrogens (tertiary/aromatic N) is 2. The molecule has 6 rings (SSSR count). The maximum absolute atomic E-state index is 13.9. The molecule has 3 atom stereocenters. The number of benzene rings is 2. The Hall–Kier alpha value is -2.13. The molecule has 0 aromatic heterocycles. The van der Waals surface area contributed by atoms with Gasteiger partial charge in [0.05, 0.1) is 0 Å². The maximum atomic E-state index is 13.9. The summed E-state index contributed by atoms with van der Waals surface area (Å²) < 4.78 is 0. The molecule has 3 nitrogen and oxygen atoms in total. The summed E-state index contributed by atoms with van der Waals surface area (Å²) in [5.41, 5.74) is 2.74. The minimum Gasteiger partial charge on any atom is -0.335 e. The summed E-state index contributed by atoms with van der Waals surface area (Å²) in [6, 6.07) is 15.1. The quantitative estimate of drug-likeness (QED) is 0.453. The predicted octanol–water partition coefficient (Wildman–Crippen LogP) is 6.54. The number of allylic oxidation sites excluding steroid dienone is 1. The van der Waals surface area contributed by atoms with Crippen LogP contribution < -0.4 is 0 Å². The Balaban J connectivity index is 1.36. The molecule has 33 heavy (non-hydrogen) atoms. The number of hydrogen-bond donors (Lipinski definition) is 0. The van der Waals surface area contributed by atoms with E-state index in [4.69, 9.17) is 0 Å². The molecule has 2 aromatic rings. The van der Waals surface area contributed by atoms with Gasteiger partial charge in [0.15, 0.2) is 0 Å². The summed E-state index contributed by atoms with van der Waals surface area (Å²) in [6.45, 7) is 11.1. The van der Waals surface area contributed by atoms with Crippen LogP contribution in [0.2, 0.25) is 0 Å². The molecule has 0 N–H and O–H groups in total. The first kappa shape index (κ1) is 22.7. The van der Waals surface area contributed by atoms with Crippen molar-refractivity contribution in [1.29, 1.82) is 0 Å². The molecular formula is C30H40N2O. The van der Waals surface area contributed by atoms with Crippen LogP contribution in [0.4, 0.5) is 0 Å². The van der Waals surface area contributed by atoms with Crippen LogP contribution >= 0.6 is 0 Å². The molecule has 2 aromatic carbocycles. The Kier molecular flexibility index (Phi) is 6.35. The normalized spacial score (nSPS) is 26.5. The lowest BCUT2D eigenvalue weighted by Gasteiger charge is -2.57. The van der Waals surface area contributed by atoms with E-state index in [9.17, 15) is 4.79 Å². The molecule has 176 valence electrons. The van der Waals surface area contributed by atoms with Crippen LogP contribution in [0.25, 0.3) is 10.8 Å². The molecule has 3 unspecified atom stereocenters. The number of fused-ring (bicyclic) bond motifs is 2. The molecule has 2 fully saturated rings. The van der Waals surface area contributed by atoms with Crippen LogP contribution in [0.1, 0.15) is 69.7 Å². The SMILES string of the molecule is CC1CCCCN1CCCN(CC1=CCC2CC1C2(C)C)C(=O)c1cccc2ccccc12. The Morgan fingerprint density at radius 1 is 1.12 bits per heavy atom. The van der Waals surface area contributed by atoms with Crippen LogP contribution in [0.3, 0.4) is 0 Å². The zero-order valence-electron chi connectivity index (χ0n) is 20.7. The van der Waals surface area contributed by atoms with Gasteiger partial charge in [0.2, 0.25) is 0 Å². The zero-order chi connectivity index (χ0) is 23.0. The summed E-state index contributed by atoms with van der Waals surface area (Å²) in [4.78, 5) is 18.7. The monoisotopic (exact) mass is 444 g/mol. The van der Waals surface area contributed by atoms with E-state index in [2.05, 4.69) is 60.9 Å². The molecule has 0 spiro atoms. The molecule has 4 aliphatic rings. The Morgan fingerprint density at radius 3 is 2.73 bits per heavy atom. The standard InChI is InChI=1S/C30H40N2O/c1-22-10-6-7-17-31(22)18-9-19-32(21-24-15-16-25-20-28(24)30(25,2)3)29(33)27-14-8-12-23-11-4-5-13-26(23)27/h4-5,8,11-15,22,25,28H,6-7,9-10,16-21H2,1-3H3. The van der Waals surface area contributed by atoms with Gasteiger partial charge in [-0.15, -0.1) is 0 Å². The molecule has 1 amide bonds. The lowest BCUT2D eigenvalue weighted by Crippen LogP contribution is -2.50. The molecule has 1 saturated carbocycles. The molecule has 3 heteroatoms. The van der Waals surface area contributed by atoms with Gasteiger partial charge < -0.3 is 9.80 Å². The molecule has 2 bridgehead atoms. The highest BCUT2D eigenvalue weighted by molar-refractivity contribution is 6.07. The van der Waals surface area contributed by atoms with E-state index in [-0.39, 0.29) is 5.91 Å². The van der Waals surface area contributed by atoms with Crippen LogP contribution in [-0.4, -0.2) is 47.9 Å². The smallest absolute Gasteiger partial charge is 0.254 e. The van der Waals surface area contributed by atoms with E-state index >= 15 is 0 Å². The van der Waals surface area contributed by atoms with E-state index in [1.807, 2.05) is 18.2 Å². The van der Waals surface area contributed by atoms with E-state index in [0.29, 0.717) is 17.4 Å². The van der Waals surface area contributed by atoms with Gasteiger partial charge in [-0.3, -0.25) is 4.79 Å². The second-order valence-electron chi connectivity index (χ2n) is 11.3. The first-order valence-corrected chi connectivity index (χ1v) is 13.1. The van der Waals surface area contributed by atoms with Crippen molar-refractivity contribution in [2.75, 3.05) is 26.2 Å². The van der Waals surface area contributed by atoms with Crippen molar-refractivity contribution in [3.05, 3.63) is 59.7 Å². The second kappa shape index (κ2) is 9.25. The van der Waals surface area contributed by atoms with Crippen molar-refractivity contribution in [3.8, 4) is 0 Å². The van der Waals surface area contributed by atoms with Gasteiger partial charge in [-0.1, -0.05) is 68.3 Å². The molecule has 0 radical (unpaired) electrons. The largest absolute Gasteiger partial charge is 0.335 e. The van der Waals surface area contributed by atoms with Crippen molar-refractivity contribution in [3.63, 3.8) is 0 Å². The number of amides is 1. The van der Waals surface area contributed by atoms with Gasteiger partial charge in [-0.2, -0.15) is 0 Å². The van der Waals surface area contributed by atoms with Gasteiger partial charge in [-0.05, 0) is 79.7 Å². The van der Waals surface area contributed by atoms with Gasteiger partial charge in [0.25, 0.3) is 5.91 Å². The Morgan fingerprint density at radius 2 is 1.94 bits per heavy atom. The van der Waals surface area contributed by atoms with E-state index in [1.54, 1.807) is 0 Å². The van der Waals surface area contributed by atoms with E-state index in [1.165, 1.54) is 44.2 Å². The van der Waals surface area contributed by atoms with Crippen molar-refractivity contribution in [2.24, 2.45) is 17.3 Å². The minimum absolute atomic E-state index is 0.193. The average Bonchev–Trinajstić information content (AvgIpc) is 2.83. The maximum Gasteiger partial charge on any atom is 0.254 e. The molecule has 1 aliphatic heterocycles.